The summed E-state index contributed by atoms with van der Waals surface area (Å²) in [7, 11) is 1.64. The van der Waals surface area contributed by atoms with E-state index in [9.17, 15) is 14.4 Å². The van der Waals surface area contributed by atoms with E-state index in [0.717, 1.165) is 22.6 Å². The van der Waals surface area contributed by atoms with Crippen molar-refractivity contribution in [2.75, 3.05) is 13.6 Å². The molecule has 2 heterocycles. The molecule has 6 nitrogen and oxygen atoms in total. The number of amides is 4. The summed E-state index contributed by atoms with van der Waals surface area (Å²) >= 11 is 7.32. The molecule has 1 saturated heterocycles. The molecule has 1 fully saturated rings. The molecular formula is C21H24ClN3O3S. The van der Waals surface area contributed by atoms with Crippen LogP contribution in [0.3, 0.4) is 0 Å². The summed E-state index contributed by atoms with van der Waals surface area (Å²) in [6.07, 6.45) is 1.99. The second kappa shape index (κ2) is 8.55. The summed E-state index contributed by atoms with van der Waals surface area (Å²) in [5, 5.41) is 2.75. The van der Waals surface area contributed by atoms with E-state index in [1.54, 1.807) is 20.0 Å². The number of imide groups is 1. The number of aryl methyl sites for hydroxylation is 1. The van der Waals surface area contributed by atoms with E-state index in [1.165, 1.54) is 21.8 Å². The lowest BCUT2D eigenvalue weighted by Gasteiger charge is -2.23. The van der Waals surface area contributed by atoms with E-state index < -0.39 is 17.5 Å². The van der Waals surface area contributed by atoms with E-state index in [1.807, 2.05) is 30.3 Å². The summed E-state index contributed by atoms with van der Waals surface area (Å²) in [5.41, 5.74) is 0.702. The smallest absolute Gasteiger partial charge is 0.325 e. The summed E-state index contributed by atoms with van der Waals surface area (Å²) in [4.78, 5) is 41.5. The topological polar surface area (TPSA) is 69.7 Å². The van der Waals surface area contributed by atoms with Gasteiger partial charge in [0.05, 0.1) is 10.9 Å². The Morgan fingerprint density at radius 1 is 1.21 bits per heavy atom. The quantitative estimate of drug-likeness (QED) is 0.675. The van der Waals surface area contributed by atoms with Crippen molar-refractivity contribution in [1.29, 1.82) is 0 Å². The molecular weight excluding hydrogens is 410 g/mol. The molecule has 0 bridgehead atoms. The first-order valence-corrected chi connectivity index (χ1v) is 10.7. The average Bonchev–Trinajstić information content (AvgIpc) is 3.18. The van der Waals surface area contributed by atoms with Crippen LogP contribution in [0, 0.1) is 0 Å². The third-order valence-corrected chi connectivity index (χ3v) is 6.30. The highest BCUT2D eigenvalue weighted by atomic mass is 35.5. The van der Waals surface area contributed by atoms with Crippen molar-refractivity contribution in [3.63, 3.8) is 0 Å². The number of hydrogen-bond acceptors (Lipinski definition) is 4. The maximum atomic E-state index is 13.0. The zero-order valence-corrected chi connectivity index (χ0v) is 18.3. The van der Waals surface area contributed by atoms with Crippen LogP contribution >= 0.6 is 22.9 Å². The van der Waals surface area contributed by atoms with Crippen molar-refractivity contribution in [3.05, 3.63) is 56.7 Å². The van der Waals surface area contributed by atoms with Crippen molar-refractivity contribution >= 4 is 40.8 Å². The van der Waals surface area contributed by atoms with Crippen LogP contribution in [0.25, 0.3) is 0 Å². The third-order valence-electron chi connectivity index (χ3n) is 5.09. The molecule has 1 N–H and O–H groups in total. The molecule has 1 aromatic carbocycles. The fourth-order valence-corrected chi connectivity index (χ4v) is 4.49. The lowest BCUT2D eigenvalue weighted by atomic mass is 9.91. The molecule has 2 aromatic rings. The predicted molar refractivity (Wildman–Crippen MR) is 114 cm³/mol. The van der Waals surface area contributed by atoms with Gasteiger partial charge in [0, 0.05) is 11.9 Å². The van der Waals surface area contributed by atoms with E-state index in [0.29, 0.717) is 16.4 Å². The van der Waals surface area contributed by atoms with Crippen LogP contribution in [-0.4, -0.2) is 41.2 Å². The van der Waals surface area contributed by atoms with Crippen LogP contribution in [0.1, 0.15) is 36.3 Å². The van der Waals surface area contributed by atoms with Crippen LogP contribution in [0.2, 0.25) is 4.34 Å². The van der Waals surface area contributed by atoms with Crippen LogP contribution in [0.4, 0.5) is 4.79 Å². The Balaban J connectivity index is 1.70. The molecule has 1 aliphatic rings. The number of thiophene rings is 1. The maximum Gasteiger partial charge on any atom is 0.325 e. The number of nitrogens with one attached hydrogen (secondary N) is 1. The highest BCUT2D eigenvalue weighted by molar-refractivity contribution is 7.16. The number of urea groups is 1. The van der Waals surface area contributed by atoms with Gasteiger partial charge in [0.25, 0.3) is 5.91 Å². The molecule has 4 amide bonds. The minimum absolute atomic E-state index is 0.302. The number of nitrogens with zero attached hydrogens (tertiary/aromatic N) is 2. The first-order chi connectivity index (χ1) is 13.7. The van der Waals surface area contributed by atoms with Gasteiger partial charge in [0.15, 0.2) is 0 Å². The van der Waals surface area contributed by atoms with Gasteiger partial charge in [-0.15, -0.1) is 11.3 Å². The van der Waals surface area contributed by atoms with Crippen molar-refractivity contribution in [2.24, 2.45) is 0 Å². The average molecular weight is 434 g/mol. The monoisotopic (exact) mass is 433 g/mol. The molecule has 3 rings (SSSR count). The normalized spacial score (nSPS) is 18.8. The Morgan fingerprint density at radius 2 is 1.90 bits per heavy atom. The number of halogens is 1. The molecule has 1 atom stereocenters. The number of carbonyl (C=O) groups is 3. The van der Waals surface area contributed by atoms with Gasteiger partial charge >= 0.3 is 6.03 Å². The molecule has 0 saturated carbocycles. The summed E-state index contributed by atoms with van der Waals surface area (Å²) in [6, 6.07) is 10.7. The Labute approximate surface area is 179 Å². The first kappa shape index (κ1) is 21.3. The molecule has 8 heteroatoms. The number of benzene rings is 1. The minimum Gasteiger partial charge on any atom is -0.339 e. The van der Waals surface area contributed by atoms with Gasteiger partial charge < -0.3 is 10.2 Å². The predicted octanol–water partition coefficient (Wildman–Crippen LogP) is 3.78. The van der Waals surface area contributed by atoms with Gasteiger partial charge in [0.1, 0.15) is 12.1 Å². The number of likely N-dealkylation sites (N-methyl/N-ethyl adjacent to an activating group) is 1. The van der Waals surface area contributed by atoms with E-state index in [-0.39, 0.29) is 12.5 Å². The van der Waals surface area contributed by atoms with Crippen molar-refractivity contribution in [2.45, 2.75) is 38.8 Å². The second-order valence-electron chi connectivity index (χ2n) is 7.35. The Hall–Kier alpha value is -2.38. The van der Waals surface area contributed by atoms with Crippen LogP contribution in [0.5, 0.6) is 0 Å². The number of carbonyl (C=O) groups excluding carboxylic acids is 3. The van der Waals surface area contributed by atoms with Crippen molar-refractivity contribution < 1.29 is 14.4 Å². The maximum absolute atomic E-state index is 13.0. The zero-order valence-electron chi connectivity index (χ0n) is 16.7. The van der Waals surface area contributed by atoms with E-state index in [4.69, 9.17) is 11.6 Å². The van der Waals surface area contributed by atoms with Crippen molar-refractivity contribution in [3.8, 4) is 0 Å². The second-order valence-corrected chi connectivity index (χ2v) is 9.15. The lowest BCUT2D eigenvalue weighted by molar-refractivity contribution is -0.138. The largest absolute Gasteiger partial charge is 0.339 e. The molecule has 1 aromatic heterocycles. The summed E-state index contributed by atoms with van der Waals surface area (Å²) in [6.45, 7) is 3.85. The number of hydrogen-bond donors (Lipinski definition) is 1. The first-order valence-electron chi connectivity index (χ1n) is 9.46. The van der Waals surface area contributed by atoms with Gasteiger partial charge in [-0.25, -0.2) is 4.79 Å². The molecule has 154 valence electrons. The Morgan fingerprint density at radius 3 is 2.48 bits per heavy atom. The van der Waals surface area contributed by atoms with Crippen LogP contribution in [0.15, 0.2) is 36.4 Å². The van der Waals surface area contributed by atoms with Gasteiger partial charge in [-0.05, 0) is 36.6 Å². The van der Waals surface area contributed by atoms with E-state index in [2.05, 4.69) is 12.2 Å². The van der Waals surface area contributed by atoms with Crippen LogP contribution in [-0.2, 0) is 28.1 Å². The van der Waals surface area contributed by atoms with Gasteiger partial charge in [0.2, 0.25) is 5.91 Å². The fourth-order valence-electron chi connectivity index (χ4n) is 3.34. The molecule has 0 radical (unpaired) electrons. The zero-order chi connectivity index (χ0) is 21.2. The van der Waals surface area contributed by atoms with Gasteiger partial charge in [-0.2, -0.15) is 0 Å². The Kier molecular flexibility index (Phi) is 6.29. The van der Waals surface area contributed by atoms with Crippen LogP contribution < -0.4 is 5.32 Å². The Bertz CT molecular complexity index is 928. The van der Waals surface area contributed by atoms with Crippen molar-refractivity contribution in [1.82, 2.24) is 15.1 Å². The number of rotatable bonds is 7. The molecule has 1 unspecified atom stereocenters. The highest BCUT2D eigenvalue weighted by Gasteiger charge is 2.49. The minimum atomic E-state index is -1.18. The summed E-state index contributed by atoms with van der Waals surface area (Å²) < 4.78 is 0.649. The van der Waals surface area contributed by atoms with Gasteiger partial charge in [-0.3, -0.25) is 14.5 Å². The third kappa shape index (κ3) is 4.46. The molecule has 1 aliphatic heterocycles. The van der Waals surface area contributed by atoms with E-state index >= 15 is 0 Å². The summed E-state index contributed by atoms with van der Waals surface area (Å²) in [5.74, 6) is -0.743. The lowest BCUT2D eigenvalue weighted by Crippen LogP contribution is -2.43. The molecule has 0 spiro atoms. The molecule has 0 aliphatic carbocycles. The SMILES string of the molecule is CCCc1ccc(C2(C)NC(=O)N(CC(=O)N(C)Cc3ccc(Cl)s3)C2=O)cc1. The highest BCUT2D eigenvalue weighted by Crippen LogP contribution is 2.29. The standard InChI is InChI=1S/C21H24ClN3O3S/c1-4-5-14-6-8-15(9-7-14)21(2)19(27)25(20(28)23-21)13-18(26)24(3)12-16-10-11-17(22)29-16/h6-11H,4-5,12-13H2,1-3H3,(H,23,28). The fraction of sp³-hybridized carbons (Fsp3) is 0.381. The molecule has 29 heavy (non-hydrogen) atoms. The van der Waals surface area contributed by atoms with Gasteiger partial charge in [-0.1, -0.05) is 49.2 Å².